The molecular formula is C16H14N2O. The number of hydrogen-bond donors (Lipinski definition) is 1. The van der Waals surface area contributed by atoms with Crippen LogP contribution in [0.15, 0.2) is 42.6 Å². The number of hydrogen-bond acceptors (Lipinski definition) is 1. The van der Waals surface area contributed by atoms with Crippen molar-refractivity contribution in [3.8, 4) is 11.8 Å². The summed E-state index contributed by atoms with van der Waals surface area (Å²) < 4.78 is 1.98. The summed E-state index contributed by atoms with van der Waals surface area (Å²) in [4.78, 5) is 11.8. The van der Waals surface area contributed by atoms with Gasteiger partial charge in [-0.1, -0.05) is 30.0 Å². The van der Waals surface area contributed by atoms with Crippen LogP contribution in [0.25, 0.3) is 0 Å². The van der Waals surface area contributed by atoms with E-state index in [0.717, 1.165) is 30.6 Å². The number of rotatable bonds is 0. The monoisotopic (exact) mass is 250 g/mol. The van der Waals surface area contributed by atoms with Crippen molar-refractivity contribution >= 4 is 5.91 Å². The molecule has 0 fully saturated rings. The van der Waals surface area contributed by atoms with Crippen LogP contribution in [0.1, 0.15) is 28.0 Å². The van der Waals surface area contributed by atoms with Gasteiger partial charge in [0.15, 0.2) is 0 Å². The van der Waals surface area contributed by atoms with Gasteiger partial charge in [-0.2, -0.15) is 0 Å². The predicted molar refractivity (Wildman–Crippen MR) is 73.8 cm³/mol. The molecule has 3 rings (SSSR count). The van der Waals surface area contributed by atoms with Gasteiger partial charge in [-0.3, -0.25) is 4.79 Å². The van der Waals surface area contributed by atoms with Crippen molar-refractivity contribution in [3.63, 3.8) is 0 Å². The smallest absolute Gasteiger partial charge is 0.267 e. The molecule has 2 heterocycles. The molecule has 0 radical (unpaired) electrons. The third-order valence-electron chi connectivity index (χ3n) is 3.12. The molecule has 3 heteroatoms. The first-order chi connectivity index (χ1) is 9.33. The van der Waals surface area contributed by atoms with Crippen molar-refractivity contribution in [2.75, 3.05) is 6.54 Å². The lowest BCUT2D eigenvalue weighted by atomic mass is 10.2. The number of aromatic nitrogens is 1. The van der Waals surface area contributed by atoms with Gasteiger partial charge in [-0.15, -0.1) is 0 Å². The standard InChI is InChI=1S/C16H14N2O/c19-16-15-11-14(12-18(15)10-4-9-17-16)8-7-13-5-2-1-3-6-13/h1-3,5-6,11-12H,4,9-10H2,(H,17,19). The summed E-state index contributed by atoms with van der Waals surface area (Å²) in [5, 5.41) is 2.88. The van der Waals surface area contributed by atoms with Crippen molar-refractivity contribution < 1.29 is 4.79 Å². The minimum atomic E-state index is -0.00902. The van der Waals surface area contributed by atoms with Crippen molar-refractivity contribution in [1.82, 2.24) is 9.88 Å². The number of carbonyl (C=O) groups excluding carboxylic acids is 1. The molecule has 0 bridgehead atoms. The van der Waals surface area contributed by atoms with Gasteiger partial charge >= 0.3 is 0 Å². The van der Waals surface area contributed by atoms with E-state index >= 15 is 0 Å². The second kappa shape index (κ2) is 5.03. The van der Waals surface area contributed by atoms with E-state index in [2.05, 4.69) is 17.2 Å². The molecule has 1 aliphatic rings. The lowest BCUT2D eigenvalue weighted by Gasteiger charge is -1.99. The van der Waals surface area contributed by atoms with Crippen molar-refractivity contribution in [3.05, 3.63) is 59.4 Å². The molecule has 3 nitrogen and oxygen atoms in total. The van der Waals surface area contributed by atoms with Crippen LogP contribution in [0, 0.1) is 11.8 Å². The van der Waals surface area contributed by atoms with E-state index in [1.54, 1.807) is 0 Å². The highest BCUT2D eigenvalue weighted by Gasteiger charge is 2.15. The van der Waals surface area contributed by atoms with Gasteiger partial charge < -0.3 is 9.88 Å². The SMILES string of the molecule is O=C1NCCCn2cc(C#Cc3ccccc3)cc21. The Balaban J connectivity index is 1.90. The minimum absolute atomic E-state index is 0.00902. The van der Waals surface area contributed by atoms with Crippen LogP contribution in [0.3, 0.4) is 0 Å². The number of nitrogens with one attached hydrogen (secondary N) is 1. The zero-order valence-electron chi connectivity index (χ0n) is 10.5. The molecule has 0 saturated carbocycles. The molecule has 1 aliphatic heterocycles. The molecule has 94 valence electrons. The Morgan fingerprint density at radius 3 is 2.74 bits per heavy atom. The molecule has 1 aromatic heterocycles. The fourth-order valence-electron chi connectivity index (χ4n) is 2.16. The second-order valence-corrected chi connectivity index (χ2v) is 4.53. The Hall–Kier alpha value is -2.47. The average molecular weight is 250 g/mol. The maximum Gasteiger partial charge on any atom is 0.267 e. The fourth-order valence-corrected chi connectivity index (χ4v) is 2.16. The summed E-state index contributed by atoms with van der Waals surface area (Å²) in [7, 11) is 0. The predicted octanol–water partition coefficient (Wildman–Crippen LogP) is 2.02. The number of amides is 1. The molecule has 1 amide bonds. The summed E-state index contributed by atoms with van der Waals surface area (Å²) in [5.41, 5.74) is 2.57. The number of nitrogens with zero attached hydrogens (tertiary/aromatic N) is 1. The zero-order valence-corrected chi connectivity index (χ0v) is 10.5. The number of fused-ring (bicyclic) bond motifs is 1. The lowest BCUT2D eigenvalue weighted by molar-refractivity contribution is 0.0951. The highest BCUT2D eigenvalue weighted by atomic mass is 16.1. The topological polar surface area (TPSA) is 34.0 Å². The van der Waals surface area contributed by atoms with E-state index < -0.39 is 0 Å². The zero-order chi connectivity index (χ0) is 13.1. The first-order valence-electron chi connectivity index (χ1n) is 6.38. The van der Waals surface area contributed by atoms with E-state index in [1.807, 2.05) is 47.2 Å². The van der Waals surface area contributed by atoms with Crippen LogP contribution >= 0.6 is 0 Å². The van der Waals surface area contributed by atoms with Crippen molar-refractivity contribution in [2.45, 2.75) is 13.0 Å². The Labute approximate surface area is 112 Å². The number of aryl methyl sites for hydroxylation is 1. The Morgan fingerprint density at radius 2 is 1.89 bits per heavy atom. The van der Waals surface area contributed by atoms with Gasteiger partial charge in [-0.25, -0.2) is 0 Å². The fraction of sp³-hybridized carbons (Fsp3) is 0.188. The maximum absolute atomic E-state index is 11.8. The van der Waals surface area contributed by atoms with Crippen LogP contribution in [0.2, 0.25) is 0 Å². The first kappa shape index (κ1) is 11.6. The van der Waals surface area contributed by atoms with Crippen LogP contribution in [-0.2, 0) is 6.54 Å². The van der Waals surface area contributed by atoms with E-state index in [-0.39, 0.29) is 5.91 Å². The quantitative estimate of drug-likeness (QED) is 0.713. The Morgan fingerprint density at radius 1 is 1.11 bits per heavy atom. The number of carbonyl (C=O) groups is 1. The summed E-state index contributed by atoms with van der Waals surface area (Å²) in [6, 6.07) is 11.7. The van der Waals surface area contributed by atoms with E-state index in [4.69, 9.17) is 0 Å². The molecule has 19 heavy (non-hydrogen) atoms. The molecule has 0 atom stereocenters. The van der Waals surface area contributed by atoms with E-state index in [0.29, 0.717) is 5.69 Å². The Bertz CT molecular complexity index is 659. The van der Waals surface area contributed by atoms with Crippen LogP contribution in [-0.4, -0.2) is 17.0 Å². The number of benzene rings is 1. The van der Waals surface area contributed by atoms with Gasteiger partial charge in [0.2, 0.25) is 0 Å². The lowest BCUT2D eigenvalue weighted by Crippen LogP contribution is -2.22. The second-order valence-electron chi connectivity index (χ2n) is 4.53. The van der Waals surface area contributed by atoms with Crippen molar-refractivity contribution in [2.24, 2.45) is 0 Å². The Kier molecular flexibility index (Phi) is 3.07. The van der Waals surface area contributed by atoms with Crippen LogP contribution < -0.4 is 5.32 Å². The average Bonchev–Trinajstić information content (AvgIpc) is 2.78. The molecule has 2 aromatic rings. The van der Waals surface area contributed by atoms with Gasteiger partial charge in [0.1, 0.15) is 5.69 Å². The minimum Gasteiger partial charge on any atom is -0.351 e. The van der Waals surface area contributed by atoms with Crippen LogP contribution in [0.5, 0.6) is 0 Å². The molecule has 0 aliphatic carbocycles. The summed E-state index contributed by atoms with van der Waals surface area (Å²) >= 11 is 0. The van der Waals surface area contributed by atoms with Gasteiger partial charge in [0, 0.05) is 30.4 Å². The van der Waals surface area contributed by atoms with Gasteiger partial charge in [0.05, 0.1) is 0 Å². The summed E-state index contributed by atoms with van der Waals surface area (Å²) in [5.74, 6) is 6.20. The maximum atomic E-state index is 11.8. The van der Waals surface area contributed by atoms with Gasteiger partial charge in [-0.05, 0) is 24.6 Å². The molecular weight excluding hydrogens is 236 g/mol. The molecule has 0 unspecified atom stereocenters. The van der Waals surface area contributed by atoms with Crippen molar-refractivity contribution in [1.29, 1.82) is 0 Å². The first-order valence-corrected chi connectivity index (χ1v) is 6.38. The third kappa shape index (κ3) is 2.53. The third-order valence-corrected chi connectivity index (χ3v) is 3.12. The molecule has 0 spiro atoms. The molecule has 1 N–H and O–H groups in total. The van der Waals surface area contributed by atoms with Crippen LogP contribution in [0.4, 0.5) is 0 Å². The highest BCUT2D eigenvalue weighted by Crippen LogP contribution is 2.11. The highest BCUT2D eigenvalue weighted by molar-refractivity contribution is 5.93. The largest absolute Gasteiger partial charge is 0.351 e. The summed E-state index contributed by atoms with van der Waals surface area (Å²) in [6.45, 7) is 1.60. The molecule has 1 aromatic carbocycles. The van der Waals surface area contributed by atoms with E-state index in [9.17, 15) is 4.79 Å². The summed E-state index contributed by atoms with van der Waals surface area (Å²) in [6.07, 6.45) is 2.91. The van der Waals surface area contributed by atoms with E-state index in [1.165, 1.54) is 0 Å². The molecule has 0 saturated heterocycles. The normalized spacial score (nSPS) is 13.8. The van der Waals surface area contributed by atoms with Gasteiger partial charge in [0.25, 0.3) is 5.91 Å².